The molecule has 0 spiro atoms. The number of nitrogens with zero attached hydrogens (tertiary/aromatic N) is 1. The standard InChI is InChI=1S/C3H9N3O/c1-2-6-3(4)7-5/h2,5H2,1H3,(H2,4,6). The Morgan fingerprint density at radius 2 is 2.43 bits per heavy atom. The summed E-state index contributed by atoms with van der Waals surface area (Å²) in [7, 11) is 0. The van der Waals surface area contributed by atoms with E-state index >= 15 is 0 Å². The molecule has 4 nitrogen and oxygen atoms in total. The van der Waals surface area contributed by atoms with E-state index in [4.69, 9.17) is 5.73 Å². The minimum atomic E-state index is 0.0301. The Hall–Kier alpha value is -0.770. The molecule has 0 heterocycles. The SMILES string of the molecule is CCN=C(N)ON. The molecule has 0 radical (unpaired) electrons. The third-order valence-corrected chi connectivity index (χ3v) is 0.435. The van der Waals surface area contributed by atoms with Gasteiger partial charge in [-0.15, -0.1) is 0 Å². The van der Waals surface area contributed by atoms with Gasteiger partial charge in [-0.2, -0.15) is 5.90 Å². The first-order valence-corrected chi connectivity index (χ1v) is 1.98. The Kier molecular flexibility index (Phi) is 3.04. The lowest BCUT2D eigenvalue weighted by atomic mass is 10.8. The van der Waals surface area contributed by atoms with Gasteiger partial charge in [-0.3, -0.25) is 0 Å². The monoisotopic (exact) mass is 103 g/mol. The maximum absolute atomic E-state index is 4.99. The molecule has 0 bridgehead atoms. The fourth-order valence-corrected chi connectivity index (χ4v) is 0.193. The zero-order chi connectivity index (χ0) is 5.70. The van der Waals surface area contributed by atoms with Gasteiger partial charge in [-0.05, 0) is 6.92 Å². The summed E-state index contributed by atoms with van der Waals surface area (Å²) in [5.74, 6) is 4.60. The van der Waals surface area contributed by atoms with Crippen molar-refractivity contribution >= 4 is 6.02 Å². The highest BCUT2D eigenvalue weighted by atomic mass is 16.6. The van der Waals surface area contributed by atoms with Gasteiger partial charge in [0.15, 0.2) is 0 Å². The van der Waals surface area contributed by atoms with E-state index in [9.17, 15) is 0 Å². The summed E-state index contributed by atoms with van der Waals surface area (Å²) >= 11 is 0. The van der Waals surface area contributed by atoms with Crippen LogP contribution in [0.2, 0.25) is 0 Å². The summed E-state index contributed by atoms with van der Waals surface area (Å²) in [6, 6.07) is 0.0301. The number of amidine groups is 1. The molecule has 0 unspecified atom stereocenters. The Morgan fingerprint density at radius 1 is 1.86 bits per heavy atom. The lowest BCUT2D eigenvalue weighted by molar-refractivity contribution is 0.314. The van der Waals surface area contributed by atoms with Crippen molar-refractivity contribution < 1.29 is 4.84 Å². The predicted molar refractivity (Wildman–Crippen MR) is 27.4 cm³/mol. The normalized spacial score (nSPS) is 11.4. The van der Waals surface area contributed by atoms with Gasteiger partial charge >= 0.3 is 6.02 Å². The van der Waals surface area contributed by atoms with Crippen molar-refractivity contribution in [1.29, 1.82) is 0 Å². The molecule has 0 aliphatic carbocycles. The van der Waals surface area contributed by atoms with Crippen LogP contribution in [0.3, 0.4) is 0 Å². The quantitative estimate of drug-likeness (QED) is 0.259. The summed E-state index contributed by atoms with van der Waals surface area (Å²) in [6.07, 6.45) is 0. The van der Waals surface area contributed by atoms with Crippen LogP contribution in [0.4, 0.5) is 0 Å². The van der Waals surface area contributed by atoms with E-state index in [0.29, 0.717) is 6.54 Å². The molecule has 0 aromatic heterocycles. The van der Waals surface area contributed by atoms with Crippen molar-refractivity contribution in [3.05, 3.63) is 0 Å². The van der Waals surface area contributed by atoms with Gasteiger partial charge in [0.05, 0.1) is 0 Å². The molecule has 0 aromatic carbocycles. The summed E-state index contributed by atoms with van der Waals surface area (Å²) < 4.78 is 0. The maximum Gasteiger partial charge on any atom is 0.301 e. The van der Waals surface area contributed by atoms with Crippen molar-refractivity contribution in [3.63, 3.8) is 0 Å². The molecule has 0 saturated carbocycles. The molecule has 42 valence electrons. The Bertz CT molecular complexity index is 70.6. The molecule has 0 atom stereocenters. The van der Waals surface area contributed by atoms with E-state index in [1.165, 1.54) is 0 Å². The second-order valence-corrected chi connectivity index (χ2v) is 0.930. The minimum absolute atomic E-state index is 0.0301. The van der Waals surface area contributed by atoms with Crippen molar-refractivity contribution in [1.82, 2.24) is 0 Å². The van der Waals surface area contributed by atoms with E-state index in [-0.39, 0.29) is 6.02 Å². The second-order valence-electron chi connectivity index (χ2n) is 0.930. The maximum atomic E-state index is 4.99. The zero-order valence-corrected chi connectivity index (χ0v) is 4.22. The van der Waals surface area contributed by atoms with E-state index in [0.717, 1.165) is 0 Å². The Labute approximate surface area is 42.1 Å². The first-order chi connectivity index (χ1) is 3.31. The number of nitrogens with two attached hydrogens (primary N) is 2. The number of rotatable bonds is 1. The molecular weight excluding hydrogens is 94.1 g/mol. The number of hydrogen-bond donors (Lipinski definition) is 2. The number of aliphatic imine (C=N–C) groups is 1. The minimum Gasteiger partial charge on any atom is -0.374 e. The van der Waals surface area contributed by atoms with Crippen molar-refractivity contribution in [2.75, 3.05) is 6.54 Å². The smallest absolute Gasteiger partial charge is 0.301 e. The lowest BCUT2D eigenvalue weighted by Crippen LogP contribution is -2.20. The van der Waals surface area contributed by atoms with Gasteiger partial charge in [0, 0.05) is 6.54 Å². The van der Waals surface area contributed by atoms with Gasteiger partial charge < -0.3 is 10.6 Å². The second kappa shape index (κ2) is 3.42. The van der Waals surface area contributed by atoms with Crippen LogP contribution >= 0.6 is 0 Å². The van der Waals surface area contributed by atoms with Gasteiger partial charge in [-0.25, -0.2) is 4.99 Å². The number of hydrogen-bond acceptors (Lipinski definition) is 3. The Morgan fingerprint density at radius 3 is 2.57 bits per heavy atom. The van der Waals surface area contributed by atoms with Gasteiger partial charge in [0.2, 0.25) is 0 Å². The molecule has 0 aliphatic heterocycles. The van der Waals surface area contributed by atoms with Gasteiger partial charge in [-0.1, -0.05) is 0 Å². The van der Waals surface area contributed by atoms with E-state index in [1.807, 2.05) is 6.92 Å². The zero-order valence-electron chi connectivity index (χ0n) is 4.22. The summed E-state index contributed by atoms with van der Waals surface area (Å²) in [5.41, 5.74) is 4.99. The van der Waals surface area contributed by atoms with Crippen molar-refractivity contribution in [3.8, 4) is 0 Å². The predicted octanol–water partition coefficient (Wildman–Crippen LogP) is -0.789. The largest absolute Gasteiger partial charge is 0.374 e. The third kappa shape index (κ3) is 3.05. The average molecular weight is 103 g/mol. The summed E-state index contributed by atoms with van der Waals surface area (Å²) in [6.45, 7) is 2.44. The Balaban J connectivity index is 3.29. The van der Waals surface area contributed by atoms with Gasteiger partial charge in [0.1, 0.15) is 0 Å². The molecule has 0 fully saturated rings. The molecule has 4 N–H and O–H groups in total. The molecule has 0 rings (SSSR count). The summed E-state index contributed by atoms with van der Waals surface area (Å²) in [4.78, 5) is 7.61. The molecular formula is C3H9N3O. The molecule has 7 heavy (non-hydrogen) atoms. The highest BCUT2D eigenvalue weighted by Gasteiger charge is 1.79. The van der Waals surface area contributed by atoms with Crippen LogP contribution in [0.5, 0.6) is 0 Å². The molecule has 0 amide bonds. The highest BCUT2D eigenvalue weighted by molar-refractivity contribution is 5.70. The first-order valence-electron chi connectivity index (χ1n) is 1.98. The van der Waals surface area contributed by atoms with Crippen LogP contribution in [0.15, 0.2) is 4.99 Å². The fourth-order valence-electron chi connectivity index (χ4n) is 0.193. The van der Waals surface area contributed by atoms with Crippen LogP contribution in [-0.4, -0.2) is 12.6 Å². The van der Waals surface area contributed by atoms with Crippen LogP contribution in [0, 0.1) is 0 Å². The molecule has 0 saturated heterocycles. The van der Waals surface area contributed by atoms with E-state index in [2.05, 4.69) is 15.7 Å². The summed E-state index contributed by atoms with van der Waals surface area (Å²) in [5, 5.41) is 0. The van der Waals surface area contributed by atoms with Crippen molar-refractivity contribution in [2.45, 2.75) is 6.92 Å². The topological polar surface area (TPSA) is 73.6 Å². The third-order valence-electron chi connectivity index (χ3n) is 0.435. The van der Waals surface area contributed by atoms with Crippen LogP contribution in [-0.2, 0) is 4.84 Å². The molecule has 0 aliphatic rings. The molecule has 4 heteroatoms. The van der Waals surface area contributed by atoms with Crippen LogP contribution in [0.25, 0.3) is 0 Å². The lowest BCUT2D eigenvalue weighted by Gasteiger charge is -1.91. The van der Waals surface area contributed by atoms with E-state index in [1.54, 1.807) is 0 Å². The fraction of sp³-hybridized carbons (Fsp3) is 0.667. The van der Waals surface area contributed by atoms with E-state index < -0.39 is 0 Å². The molecule has 0 aromatic rings. The van der Waals surface area contributed by atoms with Crippen LogP contribution < -0.4 is 11.6 Å². The first kappa shape index (κ1) is 6.23. The highest BCUT2D eigenvalue weighted by Crippen LogP contribution is 1.65. The van der Waals surface area contributed by atoms with Crippen molar-refractivity contribution in [2.24, 2.45) is 16.6 Å². The average Bonchev–Trinajstić information content (AvgIpc) is 1.68. The van der Waals surface area contributed by atoms with Crippen LogP contribution in [0.1, 0.15) is 6.92 Å². The van der Waals surface area contributed by atoms with Gasteiger partial charge in [0.25, 0.3) is 0 Å².